The SMILES string of the molecule is CCCc1nnc(NC(=O)C2CNNC2c2ccccc2)s1. The summed E-state index contributed by atoms with van der Waals surface area (Å²) in [5.41, 5.74) is 7.34. The molecule has 1 aliphatic heterocycles. The van der Waals surface area contributed by atoms with Crippen LogP contribution < -0.4 is 16.2 Å². The summed E-state index contributed by atoms with van der Waals surface area (Å²) in [6.45, 7) is 2.69. The normalized spacial score (nSPS) is 21.0. The molecule has 0 saturated carbocycles. The van der Waals surface area contributed by atoms with Crippen LogP contribution in [-0.4, -0.2) is 22.6 Å². The third-order valence-corrected chi connectivity index (χ3v) is 4.54. The molecule has 1 aromatic heterocycles. The summed E-state index contributed by atoms with van der Waals surface area (Å²) in [6, 6.07) is 9.93. The minimum Gasteiger partial charge on any atom is -0.300 e. The molecule has 3 rings (SSSR count). The number of anilines is 1. The summed E-state index contributed by atoms with van der Waals surface area (Å²) in [7, 11) is 0. The van der Waals surface area contributed by atoms with Crippen molar-refractivity contribution in [1.29, 1.82) is 0 Å². The van der Waals surface area contributed by atoms with E-state index in [9.17, 15) is 4.79 Å². The predicted octanol–water partition coefficient (Wildman–Crippen LogP) is 1.89. The van der Waals surface area contributed by atoms with Gasteiger partial charge in [-0.2, -0.15) is 0 Å². The van der Waals surface area contributed by atoms with E-state index in [2.05, 4.69) is 33.3 Å². The Bertz CT molecular complexity index is 630. The molecule has 0 aliphatic carbocycles. The van der Waals surface area contributed by atoms with Crippen molar-refractivity contribution in [2.75, 3.05) is 11.9 Å². The lowest BCUT2D eigenvalue weighted by Crippen LogP contribution is -2.29. The van der Waals surface area contributed by atoms with Gasteiger partial charge in [-0.05, 0) is 12.0 Å². The van der Waals surface area contributed by atoms with Gasteiger partial charge in [0.2, 0.25) is 11.0 Å². The van der Waals surface area contributed by atoms with E-state index in [1.165, 1.54) is 11.3 Å². The minimum absolute atomic E-state index is 0.0365. The highest BCUT2D eigenvalue weighted by atomic mass is 32.1. The van der Waals surface area contributed by atoms with Crippen LogP contribution in [0.4, 0.5) is 5.13 Å². The van der Waals surface area contributed by atoms with Crippen LogP contribution in [0.15, 0.2) is 30.3 Å². The summed E-state index contributed by atoms with van der Waals surface area (Å²) in [6.07, 6.45) is 1.92. The molecule has 1 saturated heterocycles. The minimum atomic E-state index is -0.180. The number of benzene rings is 1. The maximum absolute atomic E-state index is 12.5. The van der Waals surface area contributed by atoms with E-state index < -0.39 is 0 Å². The first-order valence-corrected chi connectivity index (χ1v) is 8.26. The number of hydrogen-bond acceptors (Lipinski definition) is 6. The molecule has 1 fully saturated rings. The van der Waals surface area contributed by atoms with Crippen molar-refractivity contribution in [2.45, 2.75) is 25.8 Å². The molecule has 1 amide bonds. The average molecular weight is 317 g/mol. The highest BCUT2D eigenvalue weighted by Gasteiger charge is 2.34. The van der Waals surface area contributed by atoms with Gasteiger partial charge < -0.3 is 5.32 Å². The number of nitrogens with zero attached hydrogens (tertiary/aromatic N) is 2. The fourth-order valence-electron chi connectivity index (χ4n) is 2.53. The van der Waals surface area contributed by atoms with E-state index in [1.54, 1.807) is 0 Å². The van der Waals surface area contributed by atoms with Gasteiger partial charge in [0.1, 0.15) is 5.01 Å². The first-order chi connectivity index (χ1) is 10.8. The Kier molecular flexibility index (Phi) is 4.77. The molecule has 2 heterocycles. The van der Waals surface area contributed by atoms with Crippen LogP contribution in [0.3, 0.4) is 0 Å². The number of hydrogen-bond donors (Lipinski definition) is 3. The van der Waals surface area contributed by atoms with Gasteiger partial charge in [0, 0.05) is 13.0 Å². The third kappa shape index (κ3) is 3.32. The number of hydrazine groups is 1. The molecule has 1 aromatic carbocycles. The van der Waals surface area contributed by atoms with Crippen LogP contribution in [0.5, 0.6) is 0 Å². The van der Waals surface area contributed by atoms with Crippen LogP contribution in [0.25, 0.3) is 0 Å². The van der Waals surface area contributed by atoms with Crippen LogP contribution in [0, 0.1) is 5.92 Å². The monoisotopic (exact) mass is 317 g/mol. The average Bonchev–Trinajstić information content (AvgIpc) is 3.18. The zero-order valence-corrected chi connectivity index (χ0v) is 13.2. The zero-order valence-electron chi connectivity index (χ0n) is 12.4. The van der Waals surface area contributed by atoms with Crippen molar-refractivity contribution in [1.82, 2.24) is 21.0 Å². The summed E-state index contributed by atoms with van der Waals surface area (Å²) in [5, 5.41) is 12.5. The Morgan fingerprint density at radius 2 is 2.18 bits per heavy atom. The van der Waals surface area contributed by atoms with Gasteiger partial charge in [-0.25, -0.2) is 5.43 Å². The van der Waals surface area contributed by atoms with Gasteiger partial charge in [0.15, 0.2) is 0 Å². The van der Waals surface area contributed by atoms with Gasteiger partial charge in [-0.1, -0.05) is 48.6 Å². The molecule has 2 atom stereocenters. The molecule has 22 heavy (non-hydrogen) atoms. The van der Waals surface area contributed by atoms with Gasteiger partial charge >= 0.3 is 0 Å². The Hall–Kier alpha value is -1.83. The molecule has 7 heteroatoms. The van der Waals surface area contributed by atoms with Gasteiger partial charge in [0.05, 0.1) is 12.0 Å². The van der Waals surface area contributed by atoms with E-state index in [0.29, 0.717) is 11.7 Å². The molecule has 116 valence electrons. The molecule has 1 aliphatic rings. The number of amides is 1. The molecule has 0 spiro atoms. The standard InChI is InChI=1S/C15H19N5OS/c1-2-6-12-18-20-15(22-12)17-14(21)11-9-16-19-13(11)10-7-4-3-5-8-10/h3-5,7-8,11,13,16,19H,2,6,9H2,1H3,(H,17,20,21). The molecule has 0 bridgehead atoms. The molecule has 0 radical (unpaired) electrons. The van der Waals surface area contributed by atoms with E-state index in [4.69, 9.17) is 0 Å². The van der Waals surface area contributed by atoms with E-state index in [0.717, 1.165) is 23.4 Å². The zero-order chi connectivity index (χ0) is 15.4. The van der Waals surface area contributed by atoms with Crippen molar-refractivity contribution in [3.8, 4) is 0 Å². The Labute approximate surface area is 133 Å². The molecular weight excluding hydrogens is 298 g/mol. The van der Waals surface area contributed by atoms with Crippen LogP contribution in [0.2, 0.25) is 0 Å². The van der Waals surface area contributed by atoms with Crippen molar-refractivity contribution in [3.63, 3.8) is 0 Å². The number of aromatic nitrogens is 2. The summed E-state index contributed by atoms with van der Waals surface area (Å²) in [4.78, 5) is 12.5. The third-order valence-electron chi connectivity index (χ3n) is 3.64. The van der Waals surface area contributed by atoms with Crippen molar-refractivity contribution >= 4 is 22.4 Å². The van der Waals surface area contributed by atoms with E-state index >= 15 is 0 Å². The van der Waals surface area contributed by atoms with Crippen LogP contribution in [0.1, 0.15) is 30.0 Å². The van der Waals surface area contributed by atoms with Crippen LogP contribution >= 0.6 is 11.3 Å². The second-order valence-corrected chi connectivity index (χ2v) is 6.32. The Morgan fingerprint density at radius 1 is 1.36 bits per heavy atom. The fourth-order valence-corrected chi connectivity index (χ4v) is 3.38. The van der Waals surface area contributed by atoms with Gasteiger partial charge in [-0.15, -0.1) is 10.2 Å². The Balaban J connectivity index is 1.68. The predicted molar refractivity (Wildman–Crippen MR) is 86.3 cm³/mol. The van der Waals surface area contributed by atoms with E-state index in [1.807, 2.05) is 30.3 Å². The van der Waals surface area contributed by atoms with E-state index in [-0.39, 0.29) is 17.9 Å². The molecular formula is C15H19N5OS. The first-order valence-electron chi connectivity index (χ1n) is 7.44. The highest BCUT2D eigenvalue weighted by molar-refractivity contribution is 7.15. The van der Waals surface area contributed by atoms with Crippen molar-refractivity contribution in [2.24, 2.45) is 5.92 Å². The lowest BCUT2D eigenvalue weighted by Gasteiger charge is -2.17. The Morgan fingerprint density at radius 3 is 2.95 bits per heavy atom. The smallest absolute Gasteiger partial charge is 0.232 e. The summed E-state index contributed by atoms with van der Waals surface area (Å²) >= 11 is 1.45. The number of nitrogens with one attached hydrogen (secondary N) is 3. The second kappa shape index (κ2) is 6.95. The molecule has 2 aromatic rings. The first kappa shape index (κ1) is 15.1. The molecule has 2 unspecified atom stereocenters. The number of carbonyl (C=O) groups excluding carboxylic acids is 1. The lowest BCUT2D eigenvalue weighted by molar-refractivity contribution is -0.119. The quantitative estimate of drug-likeness (QED) is 0.785. The molecule has 3 N–H and O–H groups in total. The van der Waals surface area contributed by atoms with Crippen LogP contribution in [-0.2, 0) is 11.2 Å². The highest BCUT2D eigenvalue weighted by Crippen LogP contribution is 2.26. The second-order valence-electron chi connectivity index (χ2n) is 5.26. The fraction of sp³-hybridized carbons (Fsp3) is 0.400. The van der Waals surface area contributed by atoms with Gasteiger partial charge in [-0.3, -0.25) is 10.2 Å². The number of aryl methyl sites for hydroxylation is 1. The van der Waals surface area contributed by atoms with Crippen molar-refractivity contribution in [3.05, 3.63) is 40.9 Å². The largest absolute Gasteiger partial charge is 0.300 e. The molecule has 6 nitrogen and oxygen atoms in total. The maximum atomic E-state index is 12.5. The summed E-state index contributed by atoms with van der Waals surface area (Å²) < 4.78 is 0. The number of rotatable bonds is 5. The topological polar surface area (TPSA) is 78.9 Å². The van der Waals surface area contributed by atoms with Crippen molar-refractivity contribution < 1.29 is 4.79 Å². The van der Waals surface area contributed by atoms with Gasteiger partial charge in [0.25, 0.3) is 0 Å². The lowest BCUT2D eigenvalue weighted by atomic mass is 9.94. The summed E-state index contributed by atoms with van der Waals surface area (Å²) in [5.74, 6) is -0.216. The number of carbonyl (C=O) groups is 1. The maximum Gasteiger partial charge on any atom is 0.232 e.